The molecule has 0 bridgehead atoms. The van der Waals surface area contributed by atoms with Gasteiger partial charge in [-0.25, -0.2) is 4.79 Å². The number of hydrogen-bond donors (Lipinski definition) is 0. The number of ether oxygens (including phenoxy) is 2. The summed E-state index contributed by atoms with van der Waals surface area (Å²) in [5.74, 6) is 1.16. The van der Waals surface area contributed by atoms with Crippen LogP contribution in [0.5, 0.6) is 11.5 Å². The maximum absolute atomic E-state index is 12.5. The van der Waals surface area contributed by atoms with E-state index in [9.17, 15) is 4.79 Å². The molecule has 3 nitrogen and oxygen atoms in total. The molecule has 0 aliphatic carbocycles. The number of esters is 1. The molecule has 0 aliphatic rings. The summed E-state index contributed by atoms with van der Waals surface area (Å²) in [6, 6.07) is 10.7. The number of hydrogen-bond acceptors (Lipinski definition) is 3. The highest BCUT2D eigenvalue weighted by Crippen LogP contribution is 2.39. The Morgan fingerprint density at radius 2 is 1.75 bits per heavy atom. The van der Waals surface area contributed by atoms with Gasteiger partial charge in [-0.3, -0.25) is 0 Å². The predicted octanol–water partition coefficient (Wildman–Crippen LogP) is 5.81. The standard InChI is InChI=1S/C20H23ClO3/c1-12(2)15-10-17(13(3)4)19(23-5)18(11-15)24-20(22)14-7-6-8-16(21)9-14/h6-13H,1-5H3. The fraction of sp³-hybridized carbons (Fsp3) is 0.350. The van der Waals surface area contributed by atoms with Gasteiger partial charge in [-0.05, 0) is 41.7 Å². The zero-order chi connectivity index (χ0) is 17.9. The van der Waals surface area contributed by atoms with Crippen molar-refractivity contribution in [2.75, 3.05) is 7.11 Å². The van der Waals surface area contributed by atoms with E-state index in [0.717, 1.165) is 11.1 Å². The van der Waals surface area contributed by atoms with Crippen molar-refractivity contribution in [2.45, 2.75) is 39.5 Å². The average molecular weight is 347 g/mol. The third-order valence-electron chi connectivity index (χ3n) is 3.86. The molecule has 0 atom stereocenters. The quantitative estimate of drug-likeness (QED) is 0.506. The van der Waals surface area contributed by atoms with E-state index < -0.39 is 5.97 Å². The van der Waals surface area contributed by atoms with Crippen molar-refractivity contribution in [1.82, 2.24) is 0 Å². The normalized spacial score (nSPS) is 11.0. The van der Waals surface area contributed by atoms with Crippen LogP contribution < -0.4 is 9.47 Å². The molecule has 4 heteroatoms. The first-order valence-electron chi connectivity index (χ1n) is 8.03. The fourth-order valence-electron chi connectivity index (χ4n) is 2.48. The Bertz CT molecular complexity index is 736. The van der Waals surface area contributed by atoms with Gasteiger partial charge in [0.2, 0.25) is 0 Å². The SMILES string of the molecule is COc1c(OC(=O)c2cccc(Cl)c2)cc(C(C)C)cc1C(C)C. The van der Waals surface area contributed by atoms with E-state index in [1.807, 2.05) is 6.07 Å². The molecule has 2 rings (SSSR count). The lowest BCUT2D eigenvalue weighted by Crippen LogP contribution is -2.11. The van der Waals surface area contributed by atoms with Gasteiger partial charge in [0.1, 0.15) is 0 Å². The first kappa shape index (κ1) is 18.3. The van der Waals surface area contributed by atoms with Gasteiger partial charge >= 0.3 is 5.97 Å². The number of methoxy groups -OCH3 is 1. The van der Waals surface area contributed by atoms with Gasteiger partial charge in [0.05, 0.1) is 12.7 Å². The maximum Gasteiger partial charge on any atom is 0.343 e. The molecule has 0 spiro atoms. The molecule has 0 heterocycles. The van der Waals surface area contributed by atoms with Crippen LogP contribution in [0.1, 0.15) is 61.0 Å². The Kier molecular flexibility index (Phi) is 5.89. The van der Waals surface area contributed by atoms with E-state index in [0.29, 0.717) is 28.0 Å². The number of carbonyl (C=O) groups is 1. The molecule has 128 valence electrons. The molecule has 0 N–H and O–H groups in total. The second-order valence-corrected chi connectivity index (χ2v) is 6.79. The van der Waals surface area contributed by atoms with Crippen molar-refractivity contribution in [3.63, 3.8) is 0 Å². The van der Waals surface area contributed by atoms with Gasteiger partial charge in [0, 0.05) is 10.6 Å². The molecule has 2 aromatic carbocycles. The molecule has 0 saturated carbocycles. The summed E-state index contributed by atoms with van der Waals surface area (Å²) in [7, 11) is 1.59. The lowest BCUT2D eigenvalue weighted by Gasteiger charge is -2.19. The molecule has 0 aliphatic heterocycles. The summed E-state index contributed by atoms with van der Waals surface area (Å²) < 4.78 is 11.2. The van der Waals surface area contributed by atoms with Crippen LogP contribution in [0.15, 0.2) is 36.4 Å². The molecule has 0 amide bonds. The smallest absolute Gasteiger partial charge is 0.343 e. The van der Waals surface area contributed by atoms with Gasteiger partial charge in [-0.15, -0.1) is 0 Å². The lowest BCUT2D eigenvalue weighted by molar-refractivity contribution is 0.0729. The minimum absolute atomic E-state index is 0.252. The summed E-state index contributed by atoms with van der Waals surface area (Å²) in [6.45, 7) is 8.39. The molecular weight excluding hydrogens is 324 g/mol. The Labute approximate surface area is 148 Å². The maximum atomic E-state index is 12.5. The van der Waals surface area contributed by atoms with Crippen LogP contribution in [0.25, 0.3) is 0 Å². The van der Waals surface area contributed by atoms with Gasteiger partial charge in [-0.2, -0.15) is 0 Å². The van der Waals surface area contributed by atoms with Crippen LogP contribution in [-0.4, -0.2) is 13.1 Å². The molecule has 0 fully saturated rings. The van der Waals surface area contributed by atoms with Crippen molar-refractivity contribution in [3.05, 3.63) is 58.1 Å². The Morgan fingerprint density at radius 3 is 2.29 bits per heavy atom. The van der Waals surface area contributed by atoms with Crippen LogP contribution in [0.3, 0.4) is 0 Å². The second-order valence-electron chi connectivity index (χ2n) is 6.35. The van der Waals surface area contributed by atoms with E-state index in [1.165, 1.54) is 0 Å². The zero-order valence-electron chi connectivity index (χ0n) is 14.7. The third-order valence-corrected chi connectivity index (χ3v) is 4.10. The molecule has 0 aromatic heterocycles. The topological polar surface area (TPSA) is 35.5 Å². The van der Waals surface area contributed by atoms with E-state index >= 15 is 0 Å². The van der Waals surface area contributed by atoms with Gasteiger partial charge in [0.15, 0.2) is 11.5 Å². The van der Waals surface area contributed by atoms with Crippen LogP contribution >= 0.6 is 11.6 Å². The fourth-order valence-corrected chi connectivity index (χ4v) is 2.67. The summed E-state index contributed by atoms with van der Waals surface area (Å²) in [5.41, 5.74) is 2.54. The van der Waals surface area contributed by atoms with Crippen LogP contribution in [0.4, 0.5) is 0 Å². The number of halogens is 1. The summed E-state index contributed by atoms with van der Waals surface area (Å²) in [4.78, 5) is 12.5. The molecular formula is C20H23ClO3. The van der Waals surface area contributed by atoms with E-state index in [2.05, 4.69) is 33.8 Å². The van der Waals surface area contributed by atoms with Crippen molar-refractivity contribution in [1.29, 1.82) is 0 Å². The average Bonchev–Trinajstić information content (AvgIpc) is 2.53. The minimum atomic E-state index is -0.452. The summed E-state index contributed by atoms with van der Waals surface area (Å²) in [5, 5.41) is 0.496. The zero-order valence-corrected chi connectivity index (χ0v) is 15.5. The van der Waals surface area contributed by atoms with Gasteiger partial charge < -0.3 is 9.47 Å². The Balaban J connectivity index is 2.46. The third kappa shape index (κ3) is 4.09. The van der Waals surface area contributed by atoms with E-state index in [4.69, 9.17) is 21.1 Å². The number of carbonyl (C=O) groups excluding carboxylic acids is 1. The predicted molar refractivity (Wildman–Crippen MR) is 97.6 cm³/mol. The number of rotatable bonds is 5. The second kappa shape index (κ2) is 7.71. The van der Waals surface area contributed by atoms with Crippen molar-refractivity contribution >= 4 is 17.6 Å². The largest absolute Gasteiger partial charge is 0.493 e. The molecule has 0 saturated heterocycles. The molecule has 0 radical (unpaired) electrons. The first-order valence-corrected chi connectivity index (χ1v) is 8.40. The first-order chi connectivity index (χ1) is 11.3. The van der Waals surface area contributed by atoms with Crippen LogP contribution in [0.2, 0.25) is 5.02 Å². The number of benzene rings is 2. The van der Waals surface area contributed by atoms with Crippen LogP contribution in [-0.2, 0) is 0 Å². The van der Waals surface area contributed by atoms with Crippen molar-refractivity contribution in [2.24, 2.45) is 0 Å². The highest BCUT2D eigenvalue weighted by atomic mass is 35.5. The van der Waals surface area contributed by atoms with Gasteiger partial charge in [-0.1, -0.05) is 51.4 Å². The van der Waals surface area contributed by atoms with Crippen LogP contribution in [0, 0.1) is 0 Å². The molecule has 0 unspecified atom stereocenters. The Morgan fingerprint density at radius 1 is 1.04 bits per heavy atom. The Hall–Kier alpha value is -2.00. The highest BCUT2D eigenvalue weighted by molar-refractivity contribution is 6.30. The lowest BCUT2D eigenvalue weighted by atomic mass is 9.94. The molecule has 24 heavy (non-hydrogen) atoms. The van der Waals surface area contributed by atoms with Crippen molar-refractivity contribution in [3.8, 4) is 11.5 Å². The highest BCUT2D eigenvalue weighted by Gasteiger charge is 2.19. The van der Waals surface area contributed by atoms with E-state index in [-0.39, 0.29) is 5.92 Å². The summed E-state index contributed by atoms with van der Waals surface area (Å²) in [6.07, 6.45) is 0. The summed E-state index contributed by atoms with van der Waals surface area (Å²) >= 11 is 5.95. The molecule has 2 aromatic rings. The monoisotopic (exact) mass is 346 g/mol. The van der Waals surface area contributed by atoms with E-state index in [1.54, 1.807) is 31.4 Å². The van der Waals surface area contributed by atoms with Gasteiger partial charge in [0.25, 0.3) is 0 Å². The van der Waals surface area contributed by atoms with Crippen molar-refractivity contribution < 1.29 is 14.3 Å². The minimum Gasteiger partial charge on any atom is -0.493 e.